The highest BCUT2D eigenvalue weighted by atomic mass is 19.1. The number of imide groups is 2. The second-order valence-corrected chi connectivity index (χ2v) is 7.71. The molecule has 4 rings (SSSR count). The first kappa shape index (κ1) is 23.4. The normalized spacial score (nSPS) is 14.9. The summed E-state index contributed by atoms with van der Waals surface area (Å²) < 4.78 is 20.4. The molecule has 0 aliphatic carbocycles. The van der Waals surface area contributed by atoms with E-state index in [1.165, 1.54) is 43.5 Å². The van der Waals surface area contributed by atoms with E-state index in [0.29, 0.717) is 28.4 Å². The fraction of sp³-hybridized carbons (Fsp3) is 0.125. The molecule has 1 saturated heterocycles. The van der Waals surface area contributed by atoms with Gasteiger partial charge in [-0.3, -0.25) is 25.0 Å². The Morgan fingerprint density at radius 3 is 2.37 bits per heavy atom. The molecule has 2 aromatic carbocycles. The summed E-state index contributed by atoms with van der Waals surface area (Å²) in [6, 6.07) is 9.60. The molecule has 3 aromatic rings. The van der Waals surface area contributed by atoms with E-state index in [2.05, 4.69) is 5.32 Å². The van der Waals surface area contributed by atoms with Crippen molar-refractivity contribution in [3.63, 3.8) is 0 Å². The van der Waals surface area contributed by atoms with Crippen molar-refractivity contribution in [1.29, 1.82) is 0 Å². The van der Waals surface area contributed by atoms with E-state index in [1.54, 1.807) is 24.5 Å². The molecule has 10 nitrogen and oxygen atoms in total. The van der Waals surface area contributed by atoms with Crippen molar-refractivity contribution >= 4 is 35.3 Å². The number of rotatable bonds is 5. The van der Waals surface area contributed by atoms with E-state index in [9.17, 15) is 28.9 Å². The number of carbonyl (C=O) groups excluding carboxylic acids is 3. The molecule has 0 bridgehead atoms. The van der Waals surface area contributed by atoms with Crippen molar-refractivity contribution in [3.8, 4) is 11.4 Å². The molecular formula is C24H19FN4O6. The number of nitro groups is 1. The zero-order chi connectivity index (χ0) is 25.4. The van der Waals surface area contributed by atoms with Gasteiger partial charge in [0.1, 0.15) is 17.1 Å². The number of amides is 4. The number of nitrogens with zero attached hydrogens (tertiary/aromatic N) is 3. The van der Waals surface area contributed by atoms with Gasteiger partial charge in [-0.05, 0) is 61.9 Å². The largest absolute Gasteiger partial charge is 0.495 e. The molecule has 1 N–H and O–H groups in total. The topological polar surface area (TPSA) is 124 Å². The van der Waals surface area contributed by atoms with Crippen LogP contribution in [0.25, 0.3) is 11.8 Å². The summed E-state index contributed by atoms with van der Waals surface area (Å²) in [5, 5.41) is 13.4. The lowest BCUT2D eigenvalue weighted by molar-refractivity contribution is -0.384. The first-order chi connectivity index (χ1) is 16.6. The highest BCUT2D eigenvalue weighted by Crippen LogP contribution is 2.32. The smallest absolute Gasteiger partial charge is 0.335 e. The zero-order valence-corrected chi connectivity index (χ0v) is 18.9. The molecule has 0 spiro atoms. The predicted molar refractivity (Wildman–Crippen MR) is 124 cm³/mol. The molecule has 0 unspecified atom stereocenters. The highest BCUT2D eigenvalue weighted by Gasteiger charge is 2.37. The summed E-state index contributed by atoms with van der Waals surface area (Å²) in [5.74, 6) is -1.91. The number of urea groups is 1. The molecule has 1 aliphatic rings. The first-order valence-electron chi connectivity index (χ1n) is 10.3. The van der Waals surface area contributed by atoms with Gasteiger partial charge < -0.3 is 9.30 Å². The number of barbiturate groups is 1. The standard InChI is InChI=1S/C24H19FN4O6/c1-13-10-15(14(2)27(13)20-12-18(29(33)34)8-9-21(20)35-3)11-19-22(30)26-24(32)28(23(19)31)17-6-4-16(25)5-7-17/h4-12H,1-3H3,(H,26,30,32)/b19-11+. The molecule has 0 radical (unpaired) electrons. The minimum atomic E-state index is -0.949. The van der Waals surface area contributed by atoms with E-state index < -0.39 is 28.6 Å². The van der Waals surface area contributed by atoms with Gasteiger partial charge in [0.05, 0.1) is 23.4 Å². The zero-order valence-electron chi connectivity index (χ0n) is 18.9. The number of hydrogen-bond acceptors (Lipinski definition) is 6. The van der Waals surface area contributed by atoms with Crippen LogP contribution in [-0.2, 0) is 9.59 Å². The van der Waals surface area contributed by atoms with Crippen LogP contribution in [-0.4, -0.2) is 34.4 Å². The van der Waals surface area contributed by atoms with E-state index in [4.69, 9.17) is 4.74 Å². The Morgan fingerprint density at radius 1 is 1.06 bits per heavy atom. The summed E-state index contributed by atoms with van der Waals surface area (Å²) >= 11 is 0. The summed E-state index contributed by atoms with van der Waals surface area (Å²) in [5.41, 5.74) is 1.76. The second kappa shape index (κ2) is 8.86. The molecule has 4 amide bonds. The molecule has 11 heteroatoms. The van der Waals surface area contributed by atoms with Gasteiger partial charge in [-0.15, -0.1) is 0 Å². The Bertz CT molecular complexity index is 1420. The van der Waals surface area contributed by atoms with E-state index >= 15 is 0 Å². The monoisotopic (exact) mass is 478 g/mol. The molecule has 178 valence electrons. The number of carbonyl (C=O) groups is 3. The van der Waals surface area contributed by atoms with Gasteiger partial charge in [0, 0.05) is 23.5 Å². The SMILES string of the molecule is COc1ccc([N+](=O)[O-])cc1-n1c(C)cc(/C=C2\C(=O)NC(=O)N(c3ccc(F)cc3)C2=O)c1C. The van der Waals surface area contributed by atoms with Gasteiger partial charge in [0.25, 0.3) is 17.5 Å². The number of nitrogens with one attached hydrogen (secondary N) is 1. The van der Waals surface area contributed by atoms with E-state index in [1.807, 2.05) is 0 Å². The molecule has 1 aliphatic heterocycles. The molecule has 1 fully saturated rings. The maximum atomic E-state index is 13.3. The van der Waals surface area contributed by atoms with Gasteiger partial charge in [-0.25, -0.2) is 14.1 Å². The minimum absolute atomic E-state index is 0.0964. The average Bonchev–Trinajstić information content (AvgIpc) is 3.09. The van der Waals surface area contributed by atoms with Crippen molar-refractivity contribution in [2.45, 2.75) is 13.8 Å². The third-order valence-corrected chi connectivity index (χ3v) is 5.57. The summed E-state index contributed by atoms with van der Waals surface area (Å²) in [4.78, 5) is 49.5. The van der Waals surface area contributed by atoms with Crippen LogP contribution in [0.2, 0.25) is 0 Å². The van der Waals surface area contributed by atoms with Crippen LogP contribution in [0.4, 0.5) is 20.6 Å². The minimum Gasteiger partial charge on any atom is -0.495 e. The maximum absolute atomic E-state index is 13.3. The third-order valence-electron chi connectivity index (χ3n) is 5.57. The first-order valence-corrected chi connectivity index (χ1v) is 10.3. The van der Waals surface area contributed by atoms with Gasteiger partial charge >= 0.3 is 6.03 Å². The Labute approximate surface area is 198 Å². The average molecular weight is 478 g/mol. The van der Waals surface area contributed by atoms with Crippen LogP contribution >= 0.6 is 0 Å². The van der Waals surface area contributed by atoms with Crippen molar-refractivity contribution < 1.29 is 28.4 Å². The Hall–Kier alpha value is -4.80. The van der Waals surface area contributed by atoms with Crippen molar-refractivity contribution in [3.05, 3.63) is 87.0 Å². The van der Waals surface area contributed by atoms with Crippen molar-refractivity contribution in [2.75, 3.05) is 12.0 Å². The Kier molecular flexibility index (Phi) is 5.91. The van der Waals surface area contributed by atoms with Crippen LogP contribution in [0.15, 0.2) is 54.1 Å². The van der Waals surface area contributed by atoms with Gasteiger partial charge in [-0.2, -0.15) is 0 Å². The van der Waals surface area contributed by atoms with Crippen LogP contribution < -0.4 is 15.0 Å². The number of methoxy groups -OCH3 is 1. The number of aromatic nitrogens is 1. The fourth-order valence-electron chi connectivity index (χ4n) is 3.91. The number of ether oxygens (including phenoxy) is 1. The van der Waals surface area contributed by atoms with E-state index in [0.717, 1.165) is 17.0 Å². The summed E-state index contributed by atoms with van der Waals surface area (Å²) in [6.07, 6.45) is 1.34. The van der Waals surface area contributed by atoms with Crippen molar-refractivity contribution in [1.82, 2.24) is 9.88 Å². The molecule has 1 aromatic heterocycles. The summed E-state index contributed by atoms with van der Waals surface area (Å²) in [6.45, 7) is 3.47. The molecule has 35 heavy (non-hydrogen) atoms. The number of aryl methyl sites for hydroxylation is 1. The maximum Gasteiger partial charge on any atom is 0.335 e. The molecular weight excluding hydrogens is 459 g/mol. The lowest BCUT2D eigenvalue weighted by atomic mass is 10.1. The van der Waals surface area contributed by atoms with Crippen LogP contribution in [0, 0.1) is 29.8 Å². The summed E-state index contributed by atoms with van der Waals surface area (Å²) in [7, 11) is 1.44. The quantitative estimate of drug-likeness (QED) is 0.257. The van der Waals surface area contributed by atoms with Gasteiger partial charge in [0.2, 0.25) is 0 Å². The number of anilines is 1. The van der Waals surface area contributed by atoms with Gasteiger partial charge in [-0.1, -0.05) is 0 Å². The van der Waals surface area contributed by atoms with Gasteiger partial charge in [0.15, 0.2) is 0 Å². The fourth-order valence-corrected chi connectivity index (χ4v) is 3.91. The van der Waals surface area contributed by atoms with Crippen LogP contribution in [0.3, 0.4) is 0 Å². The van der Waals surface area contributed by atoms with Crippen molar-refractivity contribution in [2.24, 2.45) is 0 Å². The predicted octanol–water partition coefficient (Wildman–Crippen LogP) is 3.82. The number of halogens is 1. The highest BCUT2D eigenvalue weighted by molar-refractivity contribution is 6.39. The Balaban J connectivity index is 1.80. The molecule has 0 saturated carbocycles. The third kappa shape index (κ3) is 4.14. The number of nitro benzene ring substituents is 1. The Morgan fingerprint density at radius 2 is 1.74 bits per heavy atom. The van der Waals surface area contributed by atoms with Crippen LogP contribution in [0.5, 0.6) is 5.75 Å². The molecule has 2 heterocycles. The number of hydrogen-bond donors (Lipinski definition) is 1. The lowest BCUT2D eigenvalue weighted by Gasteiger charge is -2.26. The second-order valence-electron chi connectivity index (χ2n) is 7.71. The molecule has 0 atom stereocenters. The number of non-ortho nitro benzene ring substituents is 1. The lowest BCUT2D eigenvalue weighted by Crippen LogP contribution is -2.54. The number of benzene rings is 2. The van der Waals surface area contributed by atoms with Crippen LogP contribution in [0.1, 0.15) is 17.0 Å². The van der Waals surface area contributed by atoms with E-state index in [-0.39, 0.29) is 16.9 Å².